The van der Waals surface area contributed by atoms with Gasteiger partial charge in [0.25, 0.3) is 0 Å². The second-order valence-corrected chi connectivity index (χ2v) is 6.77. The molecule has 0 aliphatic heterocycles. The number of methoxy groups -OCH3 is 1. The molecule has 28 heavy (non-hydrogen) atoms. The van der Waals surface area contributed by atoms with Crippen LogP contribution in [0, 0.1) is 0 Å². The number of hydrogen-bond acceptors (Lipinski definition) is 3. The molecular weight excluding hydrogens is 372 g/mol. The second kappa shape index (κ2) is 7.75. The summed E-state index contributed by atoms with van der Waals surface area (Å²) in [6.45, 7) is 0. The molecule has 3 nitrogen and oxygen atoms in total. The average molecular weight is 389 g/mol. The van der Waals surface area contributed by atoms with Gasteiger partial charge in [0.2, 0.25) is 0 Å². The van der Waals surface area contributed by atoms with Crippen molar-refractivity contribution in [3.05, 3.63) is 89.4 Å². The van der Waals surface area contributed by atoms with Crippen LogP contribution in [0.4, 0.5) is 0 Å². The summed E-state index contributed by atoms with van der Waals surface area (Å²) >= 11 is 6.21. The lowest BCUT2D eigenvalue weighted by Gasteiger charge is -2.15. The zero-order valence-electron chi connectivity index (χ0n) is 15.2. The van der Waals surface area contributed by atoms with Gasteiger partial charge in [-0.05, 0) is 71.6 Å². The molecule has 0 amide bonds. The second-order valence-electron chi connectivity index (χ2n) is 6.33. The molecule has 0 N–H and O–H groups in total. The van der Waals surface area contributed by atoms with E-state index >= 15 is 0 Å². The highest BCUT2D eigenvalue weighted by Gasteiger charge is 2.13. The Morgan fingerprint density at radius 3 is 2.36 bits per heavy atom. The first-order chi connectivity index (χ1) is 13.7. The molecule has 0 spiro atoms. The molecule has 0 unspecified atom stereocenters. The Hall–Kier alpha value is -3.30. The lowest BCUT2D eigenvalue weighted by Crippen LogP contribution is -1.92. The molecule has 0 atom stereocenters. The third kappa shape index (κ3) is 3.57. The highest BCUT2D eigenvalue weighted by atomic mass is 35.5. The first-order valence-electron chi connectivity index (χ1n) is 8.78. The van der Waals surface area contributed by atoms with Gasteiger partial charge < -0.3 is 9.47 Å². The normalized spacial score (nSPS) is 10.6. The molecule has 0 fully saturated rings. The monoisotopic (exact) mass is 388 g/mol. The fourth-order valence-corrected chi connectivity index (χ4v) is 3.32. The van der Waals surface area contributed by atoms with Crippen LogP contribution in [0.2, 0.25) is 5.02 Å². The number of carbonyl (C=O) groups is 1. The quantitative estimate of drug-likeness (QED) is 0.354. The van der Waals surface area contributed by atoms with Crippen molar-refractivity contribution in [1.29, 1.82) is 0 Å². The minimum atomic E-state index is 0.602. The van der Waals surface area contributed by atoms with E-state index in [2.05, 4.69) is 0 Å². The number of benzene rings is 4. The summed E-state index contributed by atoms with van der Waals surface area (Å²) in [4.78, 5) is 10.9. The van der Waals surface area contributed by atoms with E-state index in [4.69, 9.17) is 21.1 Å². The molecule has 0 aliphatic carbocycles. The first kappa shape index (κ1) is 18.1. The van der Waals surface area contributed by atoms with Crippen LogP contribution in [0.5, 0.6) is 17.2 Å². The summed E-state index contributed by atoms with van der Waals surface area (Å²) in [6.07, 6.45) is 0.811. The predicted octanol–water partition coefficient (Wildman–Crippen LogP) is 6.77. The molecule has 0 heterocycles. The molecule has 4 heteroatoms. The summed E-state index contributed by atoms with van der Waals surface area (Å²) < 4.78 is 11.6. The van der Waals surface area contributed by atoms with E-state index in [1.807, 2.05) is 54.6 Å². The Morgan fingerprint density at radius 1 is 0.857 bits per heavy atom. The minimum Gasteiger partial charge on any atom is -0.497 e. The Morgan fingerprint density at radius 2 is 1.64 bits per heavy atom. The lowest BCUT2D eigenvalue weighted by molar-refractivity contribution is 0.112. The molecule has 4 aromatic rings. The number of fused-ring (bicyclic) bond motifs is 1. The van der Waals surface area contributed by atoms with Crippen molar-refractivity contribution >= 4 is 28.7 Å². The molecule has 0 saturated carbocycles. The molecule has 0 aromatic heterocycles. The Labute approximate surface area is 168 Å². The topological polar surface area (TPSA) is 35.5 Å². The van der Waals surface area contributed by atoms with E-state index in [9.17, 15) is 4.79 Å². The van der Waals surface area contributed by atoms with E-state index in [0.717, 1.165) is 39.7 Å². The molecule has 0 radical (unpaired) electrons. The Kier molecular flexibility index (Phi) is 5.00. The summed E-state index contributed by atoms with van der Waals surface area (Å²) in [5.41, 5.74) is 2.49. The van der Waals surface area contributed by atoms with Crippen molar-refractivity contribution in [3.63, 3.8) is 0 Å². The van der Waals surface area contributed by atoms with Gasteiger partial charge in [-0.3, -0.25) is 4.79 Å². The number of ether oxygens (including phenoxy) is 2. The van der Waals surface area contributed by atoms with Crippen LogP contribution in [0.25, 0.3) is 21.9 Å². The van der Waals surface area contributed by atoms with Crippen molar-refractivity contribution in [3.8, 4) is 28.4 Å². The van der Waals surface area contributed by atoms with Gasteiger partial charge in [0, 0.05) is 21.5 Å². The number of rotatable bonds is 5. The highest BCUT2D eigenvalue weighted by Crippen LogP contribution is 2.41. The number of hydrogen-bond donors (Lipinski definition) is 0. The van der Waals surface area contributed by atoms with Gasteiger partial charge in [-0.1, -0.05) is 29.8 Å². The van der Waals surface area contributed by atoms with Crippen molar-refractivity contribution in [2.75, 3.05) is 7.11 Å². The van der Waals surface area contributed by atoms with Gasteiger partial charge in [0.15, 0.2) is 0 Å². The molecule has 138 valence electrons. The zero-order valence-corrected chi connectivity index (χ0v) is 15.9. The molecular formula is C24H17ClO3. The van der Waals surface area contributed by atoms with Crippen molar-refractivity contribution in [2.24, 2.45) is 0 Å². The van der Waals surface area contributed by atoms with Gasteiger partial charge in [-0.25, -0.2) is 0 Å². The summed E-state index contributed by atoms with van der Waals surface area (Å²) in [6, 6.07) is 24.6. The largest absolute Gasteiger partial charge is 0.497 e. The number of carbonyl (C=O) groups excluding carboxylic acids is 1. The van der Waals surface area contributed by atoms with E-state index < -0.39 is 0 Å². The van der Waals surface area contributed by atoms with Gasteiger partial charge in [-0.15, -0.1) is 0 Å². The molecule has 0 bridgehead atoms. The predicted molar refractivity (Wildman–Crippen MR) is 113 cm³/mol. The van der Waals surface area contributed by atoms with Crippen LogP contribution in [0.3, 0.4) is 0 Å². The number of aldehydes is 1. The van der Waals surface area contributed by atoms with Crippen LogP contribution >= 0.6 is 11.6 Å². The van der Waals surface area contributed by atoms with Crippen LogP contribution in [-0.2, 0) is 0 Å². The Balaban J connectivity index is 1.89. The minimum absolute atomic E-state index is 0.602. The maximum atomic E-state index is 10.9. The number of halogens is 1. The fourth-order valence-electron chi connectivity index (χ4n) is 3.13. The van der Waals surface area contributed by atoms with E-state index in [1.165, 1.54) is 0 Å². The van der Waals surface area contributed by atoms with Crippen LogP contribution in [0.15, 0.2) is 78.9 Å². The van der Waals surface area contributed by atoms with E-state index in [-0.39, 0.29) is 0 Å². The zero-order chi connectivity index (χ0) is 19.5. The third-order valence-corrected chi connectivity index (χ3v) is 4.78. The van der Waals surface area contributed by atoms with Gasteiger partial charge >= 0.3 is 0 Å². The molecule has 4 aromatic carbocycles. The van der Waals surface area contributed by atoms with Crippen LogP contribution in [-0.4, -0.2) is 13.4 Å². The van der Waals surface area contributed by atoms with Crippen LogP contribution < -0.4 is 9.47 Å². The van der Waals surface area contributed by atoms with E-state index in [1.54, 1.807) is 31.4 Å². The first-order valence-corrected chi connectivity index (χ1v) is 9.15. The molecule has 0 saturated heterocycles. The van der Waals surface area contributed by atoms with Crippen molar-refractivity contribution in [1.82, 2.24) is 0 Å². The van der Waals surface area contributed by atoms with Gasteiger partial charge in [-0.2, -0.15) is 0 Å². The van der Waals surface area contributed by atoms with Gasteiger partial charge in [0.1, 0.15) is 23.5 Å². The SMILES string of the molecule is COc1ccc2c(Oc3ccc(C=O)cc3)c(-c3cccc(Cl)c3)ccc2c1. The summed E-state index contributed by atoms with van der Waals surface area (Å²) in [5, 5.41) is 2.62. The van der Waals surface area contributed by atoms with Crippen molar-refractivity contribution < 1.29 is 14.3 Å². The standard InChI is InChI=1S/C24H17ClO3/c1-27-21-10-12-23-18(14-21)7-11-22(17-3-2-4-19(25)13-17)24(23)28-20-8-5-16(15-26)6-9-20/h2-15H,1H3. The fraction of sp³-hybridized carbons (Fsp3) is 0.0417. The summed E-state index contributed by atoms with van der Waals surface area (Å²) in [7, 11) is 1.65. The van der Waals surface area contributed by atoms with Gasteiger partial charge in [0.05, 0.1) is 7.11 Å². The van der Waals surface area contributed by atoms with E-state index in [0.29, 0.717) is 16.3 Å². The van der Waals surface area contributed by atoms with Crippen LogP contribution in [0.1, 0.15) is 10.4 Å². The highest BCUT2D eigenvalue weighted by molar-refractivity contribution is 6.30. The maximum Gasteiger partial charge on any atom is 0.150 e. The third-order valence-electron chi connectivity index (χ3n) is 4.55. The Bertz CT molecular complexity index is 1150. The lowest BCUT2D eigenvalue weighted by atomic mass is 9.99. The summed E-state index contributed by atoms with van der Waals surface area (Å²) in [5.74, 6) is 2.16. The molecule has 4 rings (SSSR count). The van der Waals surface area contributed by atoms with Crippen molar-refractivity contribution in [2.45, 2.75) is 0 Å². The average Bonchev–Trinajstić information content (AvgIpc) is 2.74. The molecule has 0 aliphatic rings. The smallest absolute Gasteiger partial charge is 0.150 e. The maximum absolute atomic E-state index is 10.9.